The number of aryl methyl sites for hydroxylation is 1. The second-order valence-corrected chi connectivity index (χ2v) is 8.37. The van der Waals surface area contributed by atoms with E-state index in [1.54, 1.807) is 18.3 Å². The van der Waals surface area contributed by atoms with Gasteiger partial charge in [-0.15, -0.1) is 0 Å². The van der Waals surface area contributed by atoms with E-state index in [1.165, 1.54) is 12.1 Å². The SMILES string of the molecule is Cc1cccnc1CNS(=O)(=O)c1ccc(C(=O)N2CCC[C@H]2C)cc1. The predicted octanol–water partition coefficient (Wildman–Crippen LogP) is 2.49. The lowest BCUT2D eigenvalue weighted by Crippen LogP contribution is -2.33. The summed E-state index contributed by atoms with van der Waals surface area (Å²) in [5.74, 6) is -0.0454. The van der Waals surface area contributed by atoms with Crippen LogP contribution < -0.4 is 4.72 Å². The zero-order chi connectivity index (χ0) is 18.7. The fourth-order valence-corrected chi connectivity index (χ4v) is 4.12. The van der Waals surface area contributed by atoms with Gasteiger partial charge in [0.05, 0.1) is 17.1 Å². The van der Waals surface area contributed by atoms with Gasteiger partial charge in [-0.1, -0.05) is 6.07 Å². The number of likely N-dealkylation sites (tertiary alicyclic amines) is 1. The topological polar surface area (TPSA) is 79.4 Å². The highest BCUT2D eigenvalue weighted by Gasteiger charge is 2.26. The predicted molar refractivity (Wildman–Crippen MR) is 99.2 cm³/mol. The number of benzene rings is 1. The lowest BCUT2D eigenvalue weighted by molar-refractivity contribution is 0.0747. The van der Waals surface area contributed by atoms with Gasteiger partial charge >= 0.3 is 0 Å². The van der Waals surface area contributed by atoms with Crippen LogP contribution in [0.15, 0.2) is 47.5 Å². The van der Waals surface area contributed by atoms with Crippen molar-refractivity contribution >= 4 is 15.9 Å². The Balaban J connectivity index is 1.71. The summed E-state index contributed by atoms with van der Waals surface area (Å²) in [7, 11) is -3.66. The summed E-state index contributed by atoms with van der Waals surface area (Å²) in [6.45, 7) is 4.80. The number of carbonyl (C=O) groups excluding carboxylic acids is 1. The van der Waals surface area contributed by atoms with Gasteiger partial charge in [-0.05, 0) is 62.6 Å². The average Bonchev–Trinajstić information content (AvgIpc) is 3.06. The number of nitrogens with zero attached hydrogens (tertiary/aromatic N) is 2. The molecule has 0 bridgehead atoms. The molecule has 3 rings (SSSR count). The zero-order valence-corrected chi connectivity index (χ0v) is 15.8. The molecule has 2 aromatic rings. The first-order valence-electron chi connectivity index (χ1n) is 8.69. The zero-order valence-electron chi connectivity index (χ0n) is 15.0. The molecule has 1 saturated heterocycles. The third-order valence-corrected chi connectivity index (χ3v) is 6.19. The van der Waals surface area contributed by atoms with E-state index in [9.17, 15) is 13.2 Å². The Morgan fingerprint density at radius 3 is 2.62 bits per heavy atom. The first-order valence-corrected chi connectivity index (χ1v) is 10.2. The van der Waals surface area contributed by atoms with Gasteiger partial charge in [0, 0.05) is 24.3 Å². The van der Waals surface area contributed by atoms with Crippen LogP contribution in [0.25, 0.3) is 0 Å². The quantitative estimate of drug-likeness (QED) is 0.873. The molecule has 1 atom stereocenters. The molecule has 0 unspecified atom stereocenters. The first-order chi connectivity index (χ1) is 12.4. The lowest BCUT2D eigenvalue weighted by atomic mass is 10.2. The van der Waals surface area contributed by atoms with E-state index in [2.05, 4.69) is 9.71 Å². The van der Waals surface area contributed by atoms with Crippen molar-refractivity contribution < 1.29 is 13.2 Å². The van der Waals surface area contributed by atoms with E-state index in [-0.39, 0.29) is 23.4 Å². The van der Waals surface area contributed by atoms with Crippen LogP contribution in [-0.2, 0) is 16.6 Å². The smallest absolute Gasteiger partial charge is 0.254 e. The highest BCUT2D eigenvalue weighted by molar-refractivity contribution is 7.89. The summed E-state index contributed by atoms with van der Waals surface area (Å²) in [6.07, 6.45) is 3.65. The maximum atomic E-state index is 12.5. The van der Waals surface area contributed by atoms with E-state index < -0.39 is 10.0 Å². The summed E-state index contributed by atoms with van der Waals surface area (Å²) in [5.41, 5.74) is 2.13. The fraction of sp³-hybridized carbons (Fsp3) is 0.368. The van der Waals surface area contributed by atoms with Crippen LogP contribution >= 0.6 is 0 Å². The van der Waals surface area contributed by atoms with E-state index in [1.807, 2.05) is 30.9 Å². The van der Waals surface area contributed by atoms with Gasteiger partial charge in [0.1, 0.15) is 0 Å². The molecule has 1 aliphatic heterocycles. The number of amides is 1. The minimum atomic E-state index is -3.66. The van der Waals surface area contributed by atoms with Crippen molar-refractivity contribution in [3.63, 3.8) is 0 Å². The molecule has 1 aromatic heterocycles. The van der Waals surface area contributed by atoms with Crippen molar-refractivity contribution in [3.8, 4) is 0 Å². The van der Waals surface area contributed by atoms with Crippen molar-refractivity contribution in [3.05, 3.63) is 59.4 Å². The molecule has 26 heavy (non-hydrogen) atoms. The molecule has 1 fully saturated rings. The largest absolute Gasteiger partial charge is 0.336 e. The fourth-order valence-electron chi connectivity index (χ4n) is 3.13. The number of carbonyl (C=O) groups is 1. The van der Waals surface area contributed by atoms with Gasteiger partial charge in [0.15, 0.2) is 0 Å². The summed E-state index contributed by atoms with van der Waals surface area (Å²) < 4.78 is 27.5. The first kappa shape index (κ1) is 18.5. The number of hydrogen-bond donors (Lipinski definition) is 1. The molecular formula is C19H23N3O3S. The van der Waals surface area contributed by atoms with Gasteiger partial charge in [0.25, 0.3) is 5.91 Å². The van der Waals surface area contributed by atoms with Crippen molar-refractivity contribution in [1.29, 1.82) is 0 Å². The van der Waals surface area contributed by atoms with Crippen molar-refractivity contribution in [2.24, 2.45) is 0 Å². The number of pyridine rings is 1. The van der Waals surface area contributed by atoms with Gasteiger partial charge in [-0.3, -0.25) is 9.78 Å². The molecule has 2 heterocycles. The molecule has 6 nitrogen and oxygen atoms in total. The van der Waals surface area contributed by atoms with Crippen LogP contribution in [-0.4, -0.2) is 36.8 Å². The maximum absolute atomic E-state index is 12.5. The Kier molecular flexibility index (Phi) is 5.38. The summed E-state index contributed by atoms with van der Waals surface area (Å²) in [5, 5.41) is 0. The number of aromatic nitrogens is 1. The standard InChI is InChI=1S/C19H23N3O3S/c1-14-5-3-11-20-18(14)13-21-26(24,25)17-9-7-16(8-10-17)19(23)22-12-4-6-15(22)2/h3,5,7-11,15,21H,4,6,12-13H2,1-2H3/t15-/m1/s1. The molecule has 0 saturated carbocycles. The average molecular weight is 373 g/mol. The summed E-state index contributed by atoms with van der Waals surface area (Å²) >= 11 is 0. The van der Waals surface area contributed by atoms with Crippen molar-refractivity contribution in [2.75, 3.05) is 6.54 Å². The molecule has 1 amide bonds. The Hall–Kier alpha value is -2.25. The Labute approximate surface area is 154 Å². The Bertz CT molecular complexity index is 895. The van der Waals surface area contributed by atoms with Gasteiger partial charge < -0.3 is 4.90 Å². The van der Waals surface area contributed by atoms with Crippen molar-refractivity contribution in [2.45, 2.75) is 44.2 Å². The molecule has 1 N–H and O–H groups in total. The highest BCUT2D eigenvalue weighted by atomic mass is 32.2. The van der Waals surface area contributed by atoms with Gasteiger partial charge in [0.2, 0.25) is 10.0 Å². The number of rotatable bonds is 5. The summed E-state index contributed by atoms with van der Waals surface area (Å²) in [4.78, 5) is 18.7. The number of nitrogens with one attached hydrogen (secondary N) is 1. The second-order valence-electron chi connectivity index (χ2n) is 6.61. The number of hydrogen-bond acceptors (Lipinski definition) is 4. The van der Waals surface area contributed by atoms with Crippen LogP contribution in [0.4, 0.5) is 0 Å². The Morgan fingerprint density at radius 2 is 2.00 bits per heavy atom. The third kappa shape index (κ3) is 3.94. The third-order valence-electron chi connectivity index (χ3n) is 4.77. The van der Waals surface area contributed by atoms with Crippen LogP contribution in [0.3, 0.4) is 0 Å². The van der Waals surface area contributed by atoms with Crippen LogP contribution in [0.2, 0.25) is 0 Å². The molecule has 1 aromatic carbocycles. The van der Waals surface area contributed by atoms with Crippen LogP contribution in [0, 0.1) is 6.92 Å². The molecule has 0 spiro atoms. The van der Waals surface area contributed by atoms with E-state index in [0.717, 1.165) is 24.9 Å². The molecule has 0 aliphatic carbocycles. The van der Waals surface area contributed by atoms with Crippen LogP contribution in [0.5, 0.6) is 0 Å². The normalized spacial score (nSPS) is 17.5. The number of sulfonamides is 1. The molecule has 1 aliphatic rings. The van der Waals surface area contributed by atoms with Gasteiger partial charge in [-0.25, -0.2) is 13.1 Å². The molecule has 138 valence electrons. The minimum absolute atomic E-state index is 0.0454. The minimum Gasteiger partial charge on any atom is -0.336 e. The molecule has 0 radical (unpaired) electrons. The second kappa shape index (κ2) is 7.55. The maximum Gasteiger partial charge on any atom is 0.254 e. The monoisotopic (exact) mass is 373 g/mol. The lowest BCUT2D eigenvalue weighted by Gasteiger charge is -2.21. The van der Waals surface area contributed by atoms with E-state index in [0.29, 0.717) is 11.3 Å². The van der Waals surface area contributed by atoms with E-state index >= 15 is 0 Å². The Morgan fingerprint density at radius 1 is 1.27 bits per heavy atom. The highest BCUT2D eigenvalue weighted by Crippen LogP contribution is 2.20. The van der Waals surface area contributed by atoms with Gasteiger partial charge in [-0.2, -0.15) is 0 Å². The summed E-state index contributed by atoms with van der Waals surface area (Å²) in [6, 6.07) is 10.0. The molecular weight excluding hydrogens is 350 g/mol. The van der Waals surface area contributed by atoms with Crippen LogP contribution in [0.1, 0.15) is 41.4 Å². The van der Waals surface area contributed by atoms with E-state index in [4.69, 9.17) is 0 Å². The van der Waals surface area contributed by atoms with Crippen molar-refractivity contribution in [1.82, 2.24) is 14.6 Å². The molecule has 7 heteroatoms.